The maximum absolute atomic E-state index is 12.2. The van der Waals surface area contributed by atoms with Crippen LogP contribution in [-0.2, 0) is 0 Å². The molecule has 0 saturated heterocycles. The molecule has 0 aliphatic rings. The van der Waals surface area contributed by atoms with E-state index in [1.807, 2.05) is 30.3 Å². The van der Waals surface area contributed by atoms with Crippen LogP contribution >= 0.6 is 0 Å². The summed E-state index contributed by atoms with van der Waals surface area (Å²) in [5.74, 6) is -0.718. The Kier molecular flexibility index (Phi) is 9.94. The fraction of sp³-hybridized carbons (Fsp3) is 0.304. The summed E-state index contributed by atoms with van der Waals surface area (Å²) in [6.07, 6.45) is 5.03. The molecule has 0 atom stereocenters. The summed E-state index contributed by atoms with van der Waals surface area (Å²) in [5, 5.41) is 11.2. The van der Waals surface area contributed by atoms with Crippen LogP contribution in [0, 0.1) is 0 Å². The number of para-hydroxylation sites is 1. The van der Waals surface area contributed by atoms with Crippen molar-refractivity contribution in [2.45, 2.75) is 32.1 Å². The van der Waals surface area contributed by atoms with Crippen LogP contribution in [0.3, 0.4) is 0 Å². The van der Waals surface area contributed by atoms with Gasteiger partial charge in [0.15, 0.2) is 11.2 Å². The van der Waals surface area contributed by atoms with Gasteiger partial charge < -0.3 is 23.8 Å². The van der Waals surface area contributed by atoms with Crippen LogP contribution in [0.2, 0.25) is 0 Å². The standard InChI is InChI=1S/C23H24O6.Na/c24-18-16-21(23(25)26)29-20-13-9-12-19(22(18)20)28-15-8-3-1-2-7-14-27-17-10-5-4-6-11-17;/h4-6,9-13,16H,1-3,7-8,14-15H2,(H,25,26);/q;+1/p-1. The number of fused-ring (bicyclic) bond motifs is 1. The second kappa shape index (κ2) is 12.4. The van der Waals surface area contributed by atoms with Crippen molar-refractivity contribution in [3.63, 3.8) is 0 Å². The van der Waals surface area contributed by atoms with Gasteiger partial charge in [0, 0.05) is 6.07 Å². The van der Waals surface area contributed by atoms with Gasteiger partial charge in [-0.2, -0.15) is 0 Å². The second-order valence-corrected chi connectivity index (χ2v) is 6.67. The predicted molar refractivity (Wildman–Crippen MR) is 107 cm³/mol. The molecule has 0 aliphatic heterocycles. The molecule has 0 radical (unpaired) electrons. The van der Waals surface area contributed by atoms with Crippen LogP contribution in [0.1, 0.15) is 42.7 Å². The van der Waals surface area contributed by atoms with E-state index in [0.29, 0.717) is 19.0 Å². The van der Waals surface area contributed by atoms with E-state index in [1.54, 1.807) is 12.1 Å². The van der Waals surface area contributed by atoms with E-state index in [2.05, 4.69) is 0 Å². The van der Waals surface area contributed by atoms with E-state index < -0.39 is 17.2 Å². The number of benzene rings is 2. The van der Waals surface area contributed by atoms with E-state index in [-0.39, 0.29) is 40.5 Å². The Morgan fingerprint density at radius 3 is 2.23 bits per heavy atom. The monoisotopic (exact) mass is 418 g/mol. The zero-order valence-corrected chi connectivity index (χ0v) is 19.1. The van der Waals surface area contributed by atoms with E-state index in [0.717, 1.165) is 43.9 Å². The van der Waals surface area contributed by atoms with Gasteiger partial charge in [-0.15, -0.1) is 0 Å². The number of hydrogen-bond acceptors (Lipinski definition) is 6. The summed E-state index contributed by atoms with van der Waals surface area (Å²) < 4.78 is 16.6. The number of rotatable bonds is 11. The number of carboxylic acids is 1. The molecule has 0 amide bonds. The quantitative estimate of drug-likeness (QED) is 0.334. The molecule has 0 N–H and O–H groups in total. The molecule has 3 rings (SSSR count). The largest absolute Gasteiger partial charge is 1.00 e. The molecule has 0 spiro atoms. The molecule has 0 saturated carbocycles. The van der Waals surface area contributed by atoms with Crippen molar-refractivity contribution in [2.75, 3.05) is 13.2 Å². The Labute approximate surface area is 197 Å². The fourth-order valence-electron chi connectivity index (χ4n) is 3.02. The first-order chi connectivity index (χ1) is 14.1. The molecular formula is C23H23NaO6. The molecule has 0 bridgehead atoms. The summed E-state index contributed by atoms with van der Waals surface area (Å²) in [4.78, 5) is 23.1. The van der Waals surface area contributed by atoms with Crippen molar-refractivity contribution in [1.82, 2.24) is 0 Å². The minimum atomic E-state index is -1.52. The zero-order chi connectivity index (χ0) is 20.5. The molecule has 152 valence electrons. The first-order valence-corrected chi connectivity index (χ1v) is 9.74. The van der Waals surface area contributed by atoms with E-state index in [1.165, 1.54) is 6.07 Å². The Balaban J connectivity index is 0.00000320. The number of carbonyl (C=O) groups is 1. The molecule has 0 aliphatic carbocycles. The number of unbranched alkanes of at least 4 members (excludes halogenated alkanes) is 4. The van der Waals surface area contributed by atoms with Crippen molar-refractivity contribution in [3.05, 3.63) is 70.6 Å². The molecule has 0 fully saturated rings. The molecule has 30 heavy (non-hydrogen) atoms. The first-order valence-electron chi connectivity index (χ1n) is 9.74. The normalized spacial score (nSPS) is 10.4. The molecular weight excluding hydrogens is 395 g/mol. The van der Waals surface area contributed by atoms with Crippen LogP contribution in [-0.4, -0.2) is 19.2 Å². The van der Waals surface area contributed by atoms with Gasteiger partial charge in [0.25, 0.3) is 0 Å². The van der Waals surface area contributed by atoms with Gasteiger partial charge in [-0.05, 0) is 37.1 Å². The van der Waals surface area contributed by atoms with E-state index in [4.69, 9.17) is 13.9 Å². The second-order valence-electron chi connectivity index (χ2n) is 6.67. The van der Waals surface area contributed by atoms with Gasteiger partial charge in [-0.1, -0.05) is 43.5 Å². The van der Waals surface area contributed by atoms with Crippen molar-refractivity contribution >= 4 is 16.9 Å². The maximum Gasteiger partial charge on any atom is 1.00 e. The zero-order valence-electron chi connectivity index (χ0n) is 17.1. The number of aromatic carboxylic acids is 1. The Morgan fingerprint density at radius 1 is 0.867 bits per heavy atom. The van der Waals surface area contributed by atoms with Gasteiger partial charge in [-0.3, -0.25) is 4.79 Å². The average Bonchev–Trinajstić information content (AvgIpc) is 2.73. The summed E-state index contributed by atoms with van der Waals surface area (Å²) >= 11 is 0. The minimum absolute atomic E-state index is 0. The predicted octanol–water partition coefficient (Wildman–Crippen LogP) is 0.569. The van der Waals surface area contributed by atoms with Crippen molar-refractivity contribution < 1.29 is 53.3 Å². The third-order valence-electron chi connectivity index (χ3n) is 4.48. The average molecular weight is 418 g/mol. The SMILES string of the molecule is O=C([O-])c1cc(=O)c2c(OCCCCCCCOc3ccccc3)cccc2o1.[Na+]. The molecule has 6 nitrogen and oxygen atoms in total. The maximum atomic E-state index is 12.2. The molecule has 2 aromatic carbocycles. The number of carbonyl (C=O) groups excluding carboxylic acids is 1. The van der Waals surface area contributed by atoms with Crippen molar-refractivity contribution in [3.8, 4) is 11.5 Å². The molecule has 1 heterocycles. The summed E-state index contributed by atoms with van der Waals surface area (Å²) in [6.45, 7) is 1.18. The van der Waals surface area contributed by atoms with Crippen LogP contribution in [0.4, 0.5) is 0 Å². The summed E-state index contributed by atoms with van der Waals surface area (Å²) in [5.41, 5.74) is -0.285. The van der Waals surface area contributed by atoms with Gasteiger partial charge in [0.1, 0.15) is 28.4 Å². The van der Waals surface area contributed by atoms with E-state index >= 15 is 0 Å². The summed E-state index contributed by atoms with van der Waals surface area (Å²) in [6, 6.07) is 15.6. The molecule has 7 heteroatoms. The van der Waals surface area contributed by atoms with Crippen molar-refractivity contribution in [2.24, 2.45) is 0 Å². The van der Waals surface area contributed by atoms with Crippen LogP contribution in [0.15, 0.2) is 63.8 Å². The molecule has 0 unspecified atom stereocenters. The van der Waals surface area contributed by atoms with Crippen LogP contribution in [0.25, 0.3) is 11.0 Å². The van der Waals surface area contributed by atoms with Gasteiger partial charge >= 0.3 is 29.6 Å². The van der Waals surface area contributed by atoms with Gasteiger partial charge in [0.05, 0.1) is 13.2 Å². The molecule has 1 aromatic heterocycles. The Bertz CT molecular complexity index is 999. The minimum Gasteiger partial charge on any atom is -0.542 e. The number of carboxylic acid groups (broad SMARTS) is 1. The topological polar surface area (TPSA) is 88.8 Å². The van der Waals surface area contributed by atoms with Crippen molar-refractivity contribution in [1.29, 1.82) is 0 Å². The van der Waals surface area contributed by atoms with Gasteiger partial charge in [0.2, 0.25) is 0 Å². The summed E-state index contributed by atoms with van der Waals surface area (Å²) in [7, 11) is 0. The number of ether oxygens (including phenoxy) is 2. The van der Waals surface area contributed by atoms with Gasteiger partial charge in [-0.25, -0.2) is 0 Å². The smallest absolute Gasteiger partial charge is 0.542 e. The fourth-order valence-corrected chi connectivity index (χ4v) is 3.02. The van der Waals surface area contributed by atoms with Crippen LogP contribution < -0.4 is 49.6 Å². The van der Waals surface area contributed by atoms with Crippen LogP contribution in [0.5, 0.6) is 11.5 Å². The van der Waals surface area contributed by atoms with E-state index in [9.17, 15) is 14.7 Å². The molecule has 3 aromatic rings. The Hall–Kier alpha value is -2.28. The number of hydrogen-bond donors (Lipinski definition) is 0. The Morgan fingerprint density at radius 2 is 1.53 bits per heavy atom. The first kappa shape index (κ1) is 24.0. The third-order valence-corrected chi connectivity index (χ3v) is 4.48. The third kappa shape index (κ3) is 6.90.